The Bertz CT molecular complexity index is 537. The highest BCUT2D eigenvalue weighted by atomic mass is 14.1. The van der Waals surface area contributed by atoms with E-state index < -0.39 is 0 Å². The van der Waals surface area contributed by atoms with Crippen molar-refractivity contribution in [3.8, 4) is 0 Å². The van der Waals surface area contributed by atoms with Gasteiger partial charge in [-0.25, -0.2) is 0 Å². The summed E-state index contributed by atoms with van der Waals surface area (Å²) in [6.45, 7) is 14.4. The van der Waals surface area contributed by atoms with E-state index in [4.69, 9.17) is 0 Å². The van der Waals surface area contributed by atoms with Gasteiger partial charge in [0.05, 0.1) is 0 Å². The zero-order valence-corrected chi connectivity index (χ0v) is 12.1. The van der Waals surface area contributed by atoms with Crippen molar-refractivity contribution in [2.75, 3.05) is 0 Å². The molecular weight excluding hydrogens is 228 g/mol. The molecule has 0 aromatic heterocycles. The van der Waals surface area contributed by atoms with Crippen LogP contribution in [0, 0.1) is 0 Å². The fraction of sp³-hybridized carbons (Fsp3) is 0.158. The second kappa shape index (κ2) is 7.38. The monoisotopic (exact) mass is 250 g/mol. The van der Waals surface area contributed by atoms with E-state index in [1.807, 2.05) is 37.3 Å². The lowest BCUT2D eigenvalue weighted by molar-refractivity contribution is 1.40. The minimum absolute atomic E-state index is 1.02. The van der Waals surface area contributed by atoms with E-state index in [1.165, 1.54) is 5.57 Å². The van der Waals surface area contributed by atoms with Gasteiger partial charge in [-0.3, -0.25) is 0 Å². The quantitative estimate of drug-likeness (QED) is 0.586. The third-order valence-corrected chi connectivity index (χ3v) is 3.03. The van der Waals surface area contributed by atoms with Crippen LogP contribution in [0.2, 0.25) is 0 Å². The summed E-state index contributed by atoms with van der Waals surface area (Å²) in [6, 6.07) is 10.2. The molecule has 98 valence electrons. The summed E-state index contributed by atoms with van der Waals surface area (Å²) in [5, 5.41) is 0. The van der Waals surface area contributed by atoms with Gasteiger partial charge in [0.1, 0.15) is 0 Å². The Hall–Kier alpha value is -2.08. The summed E-state index contributed by atoms with van der Waals surface area (Å²) < 4.78 is 0. The van der Waals surface area contributed by atoms with Crippen LogP contribution in [-0.4, -0.2) is 0 Å². The molecule has 0 heterocycles. The number of allylic oxidation sites excluding steroid dienone is 8. The number of hydrogen-bond donors (Lipinski definition) is 0. The molecule has 0 nitrogen and oxygen atoms in total. The Kier molecular flexibility index (Phi) is 5.81. The highest BCUT2D eigenvalue weighted by Gasteiger charge is 2.01. The normalized spacial score (nSPS) is 12.8. The summed E-state index contributed by atoms with van der Waals surface area (Å²) >= 11 is 0. The maximum absolute atomic E-state index is 4.16. The van der Waals surface area contributed by atoms with Gasteiger partial charge in [-0.15, -0.1) is 0 Å². The second-order valence-corrected chi connectivity index (χ2v) is 4.57. The maximum atomic E-state index is 4.16. The molecule has 1 aromatic carbocycles. The predicted octanol–water partition coefficient (Wildman–Crippen LogP) is 5.72. The van der Waals surface area contributed by atoms with Crippen molar-refractivity contribution in [3.05, 3.63) is 90.1 Å². The van der Waals surface area contributed by atoms with E-state index in [0.29, 0.717) is 0 Å². The molecule has 0 bridgehead atoms. The largest absolute Gasteiger partial charge is 0.0915 e. The summed E-state index contributed by atoms with van der Waals surface area (Å²) in [5.41, 5.74) is 5.52. The predicted molar refractivity (Wildman–Crippen MR) is 86.9 cm³/mol. The van der Waals surface area contributed by atoms with Gasteiger partial charge < -0.3 is 0 Å². The molecule has 0 fully saturated rings. The highest BCUT2D eigenvalue weighted by molar-refractivity contribution is 5.77. The third-order valence-electron chi connectivity index (χ3n) is 3.03. The SMILES string of the molecule is C=C(/C=C(/C)C(=C)c1ccccc1)/C(C)=C/C=C\C. The van der Waals surface area contributed by atoms with Crippen LogP contribution in [0.15, 0.2) is 84.5 Å². The van der Waals surface area contributed by atoms with Crippen molar-refractivity contribution in [1.29, 1.82) is 0 Å². The van der Waals surface area contributed by atoms with Crippen LogP contribution < -0.4 is 0 Å². The first kappa shape index (κ1) is 15.0. The lowest BCUT2D eigenvalue weighted by Crippen LogP contribution is -1.87. The van der Waals surface area contributed by atoms with Crippen LogP contribution in [0.5, 0.6) is 0 Å². The average Bonchev–Trinajstić information content (AvgIpc) is 2.44. The van der Waals surface area contributed by atoms with Crippen molar-refractivity contribution < 1.29 is 0 Å². The molecule has 0 N–H and O–H groups in total. The third kappa shape index (κ3) is 4.59. The Balaban J connectivity index is 2.88. The number of rotatable bonds is 5. The van der Waals surface area contributed by atoms with Gasteiger partial charge in [0.2, 0.25) is 0 Å². The summed E-state index contributed by atoms with van der Waals surface area (Å²) in [7, 11) is 0. The lowest BCUT2D eigenvalue weighted by Gasteiger charge is -2.08. The Labute approximate surface area is 117 Å². The standard InChI is InChI=1S/C19H22/c1-6-7-11-15(2)16(3)14-17(4)18(5)19-12-9-8-10-13-19/h6-14H,3,5H2,1-2,4H3/b7-6-,15-11+,17-14-. The van der Waals surface area contributed by atoms with Gasteiger partial charge in [0.25, 0.3) is 0 Å². The molecule has 0 aliphatic carbocycles. The molecule has 0 saturated carbocycles. The van der Waals surface area contributed by atoms with Crippen LogP contribution in [0.1, 0.15) is 26.3 Å². The summed E-state index contributed by atoms with van der Waals surface area (Å²) in [5.74, 6) is 0. The Morgan fingerprint density at radius 3 is 2.21 bits per heavy atom. The van der Waals surface area contributed by atoms with E-state index in [1.54, 1.807) is 0 Å². The van der Waals surface area contributed by atoms with Crippen molar-refractivity contribution in [2.24, 2.45) is 0 Å². The molecule has 1 rings (SSSR count). The highest BCUT2D eigenvalue weighted by Crippen LogP contribution is 2.23. The Morgan fingerprint density at radius 1 is 1.00 bits per heavy atom. The van der Waals surface area contributed by atoms with Crippen LogP contribution in [0.3, 0.4) is 0 Å². The smallest absolute Gasteiger partial charge is 0.0187 e. The van der Waals surface area contributed by atoms with E-state index in [-0.39, 0.29) is 0 Å². The zero-order valence-electron chi connectivity index (χ0n) is 12.1. The molecular formula is C19H22. The molecule has 0 aliphatic heterocycles. The molecule has 0 saturated heterocycles. The fourth-order valence-electron chi connectivity index (χ4n) is 1.68. The van der Waals surface area contributed by atoms with Crippen molar-refractivity contribution in [1.82, 2.24) is 0 Å². The first-order valence-corrected chi connectivity index (χ1v) is 6.48. The first-order chi connectivity index (χ1) is 9.06. The van der Waals surface area contributed by atoms with Crippen molar-refractivity contribution in [2.45, 2.75) is 20.8 Å². The zero-order chi connectivity index (χ0) is 14.3. The van der Waals surface area contributed by atoms with Crippen molar-refractivity contribution >= 4 is 5.57 Å². The molecule has 0 atom stereocenters. The molecule has 1 aromatic rings. The summed E-state index contributed by atoms with van der Waals surface area (Å²) in [4.78, 5) is 0. The molecule has 0 aliphatic rings. The van der Waals surface area contributed by atoms with Gasteiger partial charge in [-0.1, -0.05) is 67.8 Å². The molecule has 0 amide bonds. The van der Waals surface area contributed by atoms with Crippen molar-refractivity contribution in [3.63, 3.8) is 0 Å². The number of hydrogen-bond acceptors (Lipinski definition) is 0. The van der Waals surface area contributed by atoms with E-state index in [0.717, 1.165) is 22.3 Å². The molecule has 0 heteroatoms. The first-order valence-electron chi connectivity index (χ1n) is 6.48. The molecule has 0 spiro atoms. The fourth-order valence-corrected chi connectivity index (χ4v) is 1.68. The van der Waals surface area contributed by atoms with E-state index >= 15 is 0 Å². The van der Waals surface area contributed by atoms with Crippen LogP contribution in [0.4, 0.5) is 0 Å². The van der Waals surface area contributed by atoms with Gasteiger partial charge in [-0.2, -0.15) is 0 Å². The van der Waals surface area contributed by atoms with Gasteiger partial charge in [0.15, 0.2) is 0 Å². The molecule has 19 heavy (non-hydrogen) atoms. The van der Waals surface area contributed by atoms with Crippen LogP contribution in [-0.2, 0) is 0 Å². The second-order valence-electron chi connectivity index (χ2n) is 4.57. The Morgan fingerprint density at radius 2 is 1.63 bits per heavy atom. The van der Waals surface area contributed by atoms with Gasteiger partial charge in [-0.05, 0) is 48.6 Å². The summed E-state index contributed by atoms with van der Waals surface area (Å²) in [6.07, 6.45) is 8.19. The van der Waals surface area contributed by atoms with Crippen LogP contribution in [0.25, 0.3) is 5.57 Å². The minimum atomic E-state index is 1.02. The van der Waals surface area contributed by atoms with E-state index in [2.05, 4.69) is 51.3 Å². The lowest BCUT2D eigenvalue weighted by atomic mass is 9.97. The number of benzene rings is 1. The molecule has 0 unspecified atom stereocenters. The molecule has 0 radical (unpaired) electrons. The topological polar surface area (TPSA) is 0 Å². The van der Waals surface area contributed by atoms with Gasteiger partial charge in [0, 0.05) is 0 Å². The van der Waals surface area contributed by atoms with Gasteiger partial charge >= 0.3 is 0 Å². The van der Waals surface area contributed by atoms with E-state index in [9.17, 15) is 0 Å². The van der Waals surface area contributed by atoms with Crippen LogP contribution >= 0.6 is 0 Å². The maximum Gasteiger partial charge on any atom is -0.0187 e. The average molecular weight is 250 g/mol. The minimum Gasteiger partial charge on any atom is -0.0915 e.